The lowest BCUT2D eigenvalue weighted by Gasteiger charge is -2.23. The van der Waals surface area contributed by atoms with Crippen LogP contribution in [0.5, 0.6) is 0 Å². The Morgan fingerprint density at radius 1 is 0.929 bits per heavy atom. The maximum atomic E-state index is 11.0. The molecule has 4 heteroatoms. The Balaban J connectivity index is 4.21. The van der Waals surface area contributed by atoms with Crippen LogP contribution < -0.4 is 0 Å². The lowest BCUT2D eigenvalue weighted by molar-refractivity contribution is -0.140. The molecule has 0 bridgehead atoms. The molecule has 0 aliphatic carbocycles. The van der Waals surface area contributed by atoms with E-state index in [9.17, 15) is 4.79 Å². The van der Waals surface area contributed by atoms with Crippen LogP contribution in [0.1, 0.15) is 64.7 Å². The molecule has 0 saturated carbocycles. The number of allylic oxidation sites excluding steroid dienone is 6. The van der Waals surface area contributed by atoms with Crippen LogP contribution in [0.25, 0.3) is 0 Å². The lowest BCUT2D eigenvalue weighted by atomic mass is 10.1. The average Bonchev–Trinajstić information content (AvgIpc) is 2.64. The van der Waals surface area contributed by atoms with Crippen molar-refractivity contribution in [2.24, 2.45) is 0 Å². The van der Waals surface area contributed by atoms with Crippen LogP contribution in [0.2, 0.25) is 19.6 Å². The monoisotopic (exact) mass is 406 g/mol. The standard InChI is InChI=1S/C24H42O3Si/c1-6-7-8-9-14-17-20-23(27-28(3,4)5)21-18-15-12-10-11-13-16-19-22-24(25)26-2/h11-15,17-18,21,23H,6-10,16,19-20,22H2,1-5H3/b13-11-,15-12-,17-14-,21-18+/t23-/m0/s1. The van der Waals surface area contributed by atoms with Gasteiger partial charge in [-0.05, 0) is 58.2 Å². The number of rotatable bonds is 16. The van der Waals surface area contributed by atoms with E-state index in [1.807, 2.05) is 0 Å². The number of esters is 1. The van der Waals surface area contributed by atoms with Crippen molar-refractivity contribution in [3.63, 3.8) is 0 Å². The minimum absolute atomic E-state index is 0.135. The van der Waals surface area contributed by atoms with Gasteiger partial charge in [-0.15, -0.1) is 0 Å². The van der Waals surface area contributed by atoms with Crippen molar-refractivity contribution in [2.75, 3.05) is 7.11 Å². The van der Waals surface area contributed by atoms with E-state index in [0.717, 1.165) is 25.7 Å². The summed E-state index contributed by atoms with van der Waals surface area (Å²) < 4.78 is 10.9. The molecule has 160 valence electrons. The molecule has 0 aliphatic heterocycles. The maximum absolute atomic E-state index is 11.0. The summed E-state index contributed by atoms with van der Waals surface area (Å²) in [6.07, 6.45) is 26.6. The SMILES string of the molecule is CCCCC/C=C\C[C@@H](/C=C/C=C\C/C=C\CCCC(=O)OC)O[Si](C)(C)C. The fourth-order valence-corrected chi connectivity index (χ4v) is 3.67. The molecule has 0 rings (SSSR count). The van der Waals surface area contributed by atoms with E-state index >= 15 is 0 Å². The highest BCUT2D eigenvalue weighted by atomic mass is 28.4. The number of unbranched alkanes of at least 4 members (excludes halogenated alkanes) is 4. The van der Waals surface area contributed by atoms with E-state index in [-0.39, 0.29) is 12.1 Å². The summed E-state index contributed by atoms with van der Waals surface area (Å²) in [5, 5.41) is 0. The molecule has 3 nitrogen and oxygen atoms in total. The molecule has 28 heavy (non-hydrogen) atoms. The lowest BCUT2D eigenvalue weighted by Crippen LogP contribution is -2.30. The van der Waals surface area contributed by atoms with Crippen molar-refractivity contribution in [3.05, 3.63) is 48.6 Å². The number of carbonyl (C=O) groups is 1. The van der Waals surface area contributed by atoms with Gasteiger partial charge in [0.05, 0.1) is 13.2 Å². The van der Waals surface area contributed by atoms with Gasteiger partial charge in [0.25, 0.3) is 0 Å². The van der Waals surface area contributed by atoms with Gasteiger partial charge in [-0.1, -0.05) is 68.4 Å². The van der Waals surface area contributed by atoms with Crippen molar-refractivity contribution < 1.29 is 14.0 Å². The van der Waals surface area contributed by atoms with E-state index in [2.05, 4.69) is 79.9 Å². The summed E-state index contributed by atoms with van der Waals surface area (Å²) in [6, 6.07) is 0. The van der Waals surface area contributed by atoms with E-state index in [4.69, 9.17) is 4.43 Å². The highest BCUT2D eigenvalue weighted by molar-refractivity contribution is 6.69. The van der Waals surface area contributed by atoms with E-state index in [1.54, 1.807) is 0 Å². The molecular weight excluding hydrogens is 364 g/mol. The summed E-state index contributed by atoms with van der Waals surface area (Å²) in [6.45, 7) is 8.94. The zero-order valence-electron chi connectivity index (χ0n) is 18.8. The van der Waals surface area contributed by atoms with Crippen LogP contribution >= 0.6 is 0 Å². The third kappa shape index (κ3) is 19.4. The summed E-state index contributed by atoms with van der Waals surface area (Å²) in [7, 11) is -0.130. The number of methoxy groups -OCH3 is 1. The van der Waals surface area contributed by atoms with E-state index < -0.39 is 8.32 Å². The van der Waals surface area contributed by atoms with Crippen molar-refractivity contribution in [1.29, 1.82) is 0 Å². The Morgan fingerprint density at radius 3 is 2.32 bits per heavy atom. The van der Waals surface area contributed by atoms with Gasteiger partial charge in [0.1, 0.15) is 0 Å². The highest BCUT2D eigenvalue weighted by Gasteiger charge is 2.18. The Kier molecular flexibility index (Phi) is 16.8. The van der Waals surface area contributed by atoms with Gasteiger partial charge in [0.2, 0.25) is 0 Å². The summed E-state index contributed by atoms with van der Waals surface area (Å²) in [5.74, 6) is -0.135. The number of carbonyl (C=O) groups excluding carboxylic acids is 1. The van der Waals surface area contributed by atoms with Crippen LogP contribution in [0, 0.1) is 0 Å². The molecule has 0 aromatic heterocycles. The smallest absolute Gasteiger partial charge is 0.305 e. The van der Waals surface area contributed by atoms with Crippen LogP contribution in [-0.4, -0.2) is 27.5 Å². The van der Waals surface area contributed by atoms with Gasteiger partial charge in [0, 0.05) is 6.42 Å². The van der Waals surface area contributed by atoms with Crippen molar-refractivity contribution >= 4 is 14.3 Å². The molecule has 0 aliphatic rings. The van der Waals surface area contributed by atoms with Gasteiger partial charge >= 0.3 is 5.97 Å². The molecular formula is C24H42O3Si. The van der Waals surface area contributed by atoms with Crippen molar-refractivity contribution in [3.8, 4) is 0 Å². The fraction of sp³-hybridized carbons (Fsp3) is 0.625. The normalized spacial score (nSPS) is 14.0. The van der Waals surface area contributed by atoms with Crippen LogP contribution in [0.3, 0.4) is 0 Å². The Hall–Kier alpha value is -1.39. The van der Waals surface area contributed by atoms with Crippen LogP contribution in [0.4, 0.5) is 0 Å². The molecule has 1 atom stereocenters. The number of hydrogen-bond acceptors (Lipinski definition) is 3. The number of ether oxygens (including phenoxy) is 1. The predicted molar refractivity (Wildman–Crippen MR) is 124 cm³/mol. The molecule has 0 unspecified atom stereocenters. The van der Waals surface area contributed by atoms with Crippen molar-refractivity contribution in [2.45, 2.75) is 90.5 Å². The first-order valence-electron chi connectivity index (χ1n) is 10.8. The third-order valence-corrected chi connectivity index (χ3v) is 5.02. The summed E-state index contributed by atoms with van der Waals surface area (Å²) in [5.41, 5.74) is 0. The average molecular weight is 407 g/mol. The number of hydrogen-bond donors (Lipinski definition) is 0. The maximum Gasteiger partial charge on any atom is 0.305 e. The first-order chi connectivity index (χ1) is 13.4. The zero-order chi connectivity index (χ0) is 21.1. The minimum Gasteiger partial charge on any atom is -0.469 e. The van der Waals surface area contributed by atoms with Crippen molar-refractivity contribution in [1.82, 2.24) is 0 Å². The van der Waals surface area contributed by atoms with Gasteiger partial charge in [-0.25, -0.2) is 0 Å². The predicted octanol–water partition coefficient (Wildman–Crippen LogP) is 7.14. The van der Waals surface area contributed by atoms with Gasteiger partial charge < -0.3 is 9.16 Å². The quantitative estimate of drug-likeness (QED) is 0.0898. The van der Waals surface area contributed by atoms with Gasteiger partial charge in [-0.3, -0.25) is 4.79 Å². The third-order valence-electron chi connectivity index (χ3n) is 4.01. The van der Waals surface area contributed by atoms with Crippen LogP contribution in [0.15, 0.2) is 48.6 Å². The Labute approximate surface area is 174 Å². The van der Waals surface area contributed by atoms with E-state index in [1.165, 1.54) is 32.8 Å². The molecule has 0 radical (unpaired) electrons. The molecule has 0 N–H and O–H groups in total. The van der Waals surface area contributed by atoms with Crippen LogP contribution in [-0.2, 0) is 14.0 Å². The second-order valence-electron chi connectivity index (χ2n) is 7.96. The molecule has 0 aromatic rings. The highest BCUT2D eigenvalue weighted by Crippen LogP contribution is 2.13. The van der Waals surface area contributed by atoms with Gasteiger partial charge in [0.15, 0.2) is 8.32 Å². The first-order valence-corrected chi connectivity index (χ1v) is 14.2. The van der Waals surface area contributed by atoms with E-state index in [0.29, 0.717) is 6.42 Å². The van der Waals surface area contributed by atoms with Gasteiger partial charge in [-0.2, -0.15) is 0 Å². The first kappa shape index (κ1) is 26.6. The fourth-order valence-electron chi connectivity index (χ4n) is 2.58. The molecule has 0 heterocycles. The Bertz CT molecular complexity index is 498. The second kappa shape index (κ2) is 17.7. The molecule has 0 fully saturated rings. The minimum atomic E-state index is -1.56. The molecule has 0 spiro atoms. The largest absolute Gasteiger partial charge is 0.469 e. The topological polar surface area (TPSA) is 35.5 Å². The summed E-state index contributed by atoms with van der Waals surface area (Å²) >= 11 is 0. The molecule has 0 saturated heterocycles. The molecule has 0 amide bonds. The molecule has 0 aromatic carbocycles. The Morgan fingerprint density at radius 2 is 1.64 bits per heavy atom. The second-order valence-corrected chi connectivity index (χ2v) is 12.4. The summed E-state index contributed by atoms with van der Waals surface area (Å²) in [4.78, 5) is 11.0. The zero-order valence-corrected chi connectivity index (χ0v) is 19.8.